The van der Waals surface area contributed by atoms with Crippen molar-refractivity contribution in [3.8, 4) is 11.5 Å². The summed E-state index contributed by atoms with van der Waals surface area (Å²) in [5.41, 5.74) is 0.403. The fourth-order valence-electron chi connectivity index (χ4n) is 1.67. The van der Waals surface area contributed by atoms with E-state index in [0.717, 1.165) is 0 Å². The van der Waals surface area contributed by atoms with Gasteiger partial charge in [0.1, 0.15) is 23.7 Å². The lowest BCUT2D eigenvalue weighted by Gasteiger charge is -2.20. The molecule has 118 valence electrons. The Hall–Kier alpha value is -1.87. The number of phenols is 2. The molecule has 0 fully saturated rings. The second-order valence-electron chi connectivity index (χ2n) is 4.54. The van der Waals surface area contributed by atoms with Crippen LogP contribution in [0.1, 0.15) is 5.56 Å². The molecule has 3 atom stereocenters. The number of aromatic hydroxyl groups is 2. The molecule has 0 bridgehead atoms. The lowest BCUT2D eigenvalue weighted by molar-refractivity contribution is -0.142. The molecule has 1 amide bonds. The average Bonchev–Trinajstić information content (AvgIpc) is 2.48. The molecule has 0 saturated carbocycles. The maximum atomic E-state index is 11.5. The predicted molar refractivity (Wildman–Crippen MR) is 71.6 cm³/mol. The quantitative estimate of drug-likeness (QED) is 0.283. The van der Waals surface area contributed by atoms with Gasteiger partial charge in [0.05, 0.1) is 6.61 Å². The lowest BCUT2D eigenvalue weighted by atomic mass is 10.1. The van der Waals surface area contributed by atoms with E-state index in [4.69, 9.17) is 10.2 Å². The largest absolute Gasteiger partial charge is 0.508 e. The molecule has 1 aromatic rings. The molecule has 8 nitrogen and oxygen atoms in total. The number of amides is 1. The third kappa shape index (κ3) is 4.87. The van der Waals surface area contributed by atoms with Gasteiger partial charge in [0.15, 0.2) is 6.10 Å². The van der Waals surface area contributed by atoms with E-state index in [1.54, 1.807) is 0 Å². The maximum Gasteiger partial charge on any atom is 0.251 e. The Morgan fingerprint density at radius 2 is 1.86 bits per heavy atom. The highest BCUT2D eigenvalue weighted by Gasteiger charge is 2.29. The molecule has 0 aromatic heterocycles. The van der Waals surface area contributed by atoms with Gasteiger partial charge in [-0.15, -0.1) is 0 Å². The zero-order valence-electron chi connectivity index (χ0n) is 11.2. The summed E-state index contributed by atoms with van der Waals surface area (Å²) in [6.45, 7) is -0.752. The van der Waals surface area contributed by atoms with Crippen LogP contribution in [0.3, 0.4) is 0 Å². The summed E-state index contributed by atoms with van der Waals surface area (Å²) < 4.78 is 0. The van der Waals surface area contributed by atoms with Gasteiger partial charge in [-0.3, -0.25) is 4.79 Å². The van der Waals surface area contributed by atoms with Crippen LogP contribution >= 0.6 is 0 Å². The molecule has 7 N–H and O–H groups in total. The highest BCUT2D eigenvalue weighted by atomic mass is 16.4. The van der Waals surface area contributed by atoms with Gasteiger partial charge in [-0.05, 0) is 30.2 Å². The van der Waals surface area contributed by atoms with Gasteiger partial charge in [-0.25, -0.2) is 0 Å². The molecule has 0 aliphatic rings. The first-order valence-electron chi connectivity index (χ1n) is 6.30. The van der Waals surface area contributed by atoms with Crippen LogP contribution < -0.4 is 5.32 Å². The first kappa shape index (κ1) is 17.2. The van der Waals surface area contributed by atoms with E-state index in [1.807, 2.05) is 0 Å². The smallest absolute Gasteiger partial charge is 0.251 e. The van der Waals surface area contributed by atoms with E-state index in [-0.39, 0.29) is 24.5 Å². The number of phenolic OH excluding ortho intramolecular Hbond substituents is 2. The van der Waals surface area contributed by atoms with Crippen molar-refractivity contribution in [2.45, 2.75) is 24.7 Å². The van der Waals surface area contributed by atoms with Crippen LogP contribution in [0, 0.1) is 0 Å². The number of benzene rings is 1. The van der Waals surface area contributed by atoms with Crippen LogP contribution in [0.4, 0.5) is 0 Å². The number of hydrogen-bond donors (Lipinski definition) is 7. The van der Waals surface area contributed by atoms with Crippen molar-refractivity contribution in [3.63, 3.8) is 0 Å². The minimum absolute atomic E-state index is 0.0318. The highest BCUT2D eigenvalue weighted by Crippen LogP contribution is 2.22. The van der Waals surface area contributed by atoms with Gasteiger partial charge in [0.25, 0.3) is 5.91 Å². The number of aliphatic hydroxyl groups is 4. The molecule has 0 aliphatic carbocycles. The monoisotopic (exact) mass is 301 g/mol. The zero-order chi connectivity index (χ0) is 16.0. The Morgan fingerprint density at radius 3 is 2.48 bits per heavy atom. The van der Waals surface area contributed by atoms with Crippen LogP contribution in [-0.2, 0) is 11.2 Å². The summed E-state index contributed by atoms with van der Waals surface area (Å²) in [4.78, 5) is 11.5. The first-order chi connectivity index (χ1) is 9.86. The lowest BCUT2D eigenvalue weighted by Crippen LogP contribution is -2.48. The minimum atomic E-state index is -1.88. The molecule has 1 aromatic carbocycles. The van der Waals surface area contributed by atoms with Gasteiger partial charge in [-0.1, -0.05) is 0 Å². The van der Waals surface area contributed by atoms with Crippen molar-refractivity contribution in [2.75, 3.05) is 13.2 Å². The maximum absolute atomic E-state index is 11.5. The van der Waals surface area contributed by atoms with Crippen LogP contribution in [0.25, 0.3) is 0 Å². The van der Waals surface area contributed by atoms with E-state index in [9.17, 15) is 25.2 Å². The van der Waals surface area contributed by atoms with Crippen molar-refractivity contribution < 1.29 is 35.4 Å². The number of nitrogens with one attached hydrogen (secondary N) is 1. The summed E-state index contributed by atoms with van der Waals surface area (Å²) in [6.07, 6.45) is -5.12. The molecule has 21 heavy (non-hydrogen) atoms. The topological polar surface area (TPSA) is 150 Å². The third-order valence-electron chi connectivity index (χ3n) is 2.93. The standard InChI is InChI=1S/C13H19NO7/c15-6-10(18)11(19)12(20)13(21)14-4-3-7-5-8(16)1-2-9(7)17/h1-2,5,10-12,15-20H,3-4,6H2,(H,14,21)/t10-,11-,12+/m1/s1. The molecule has 0 heterocycles. The number of carbonyl (C=O) groups is 1. The van der Waals surface area contributed by atoms with Crippen LogP contribution in [0.2, 0.25) is 0 Å². The van der Waals surface area contributed by atoms with Gasteiger partial charge in [0, 0.05) is 6.54 Å². The van der Waals surface area contributed by atoms with Crippen molar-refractivity contribution in [1.82, 2.24) is 5.32 Å². The Kier molecular flexibility index (Phi) is 6.38. The number of aliphatic hydroxyl groups excluding tert-OH is 4. The molecule has 1 rings (SSSR count). The predicted octanol–water partition coefficient (Wildman–Crippen LogP) is -2.17. The Balaban J connectivity index is 2.48. The number of hydrogen-bond acceptors (Lipinski definition) is 7. The average molecular weight is 301 g/mol. The second kappa shape index (κ2) is 7.79. The number of rotatable bonds is 7. The normalized spacial score (nSPS) is 15.2. The SMILES string of the molecule is O=C(NCCc1cc(O)ccc1O)[C@@H](O)[C@H](O)[C@H](O)CO. The van der Waals surface area contributed by atoms with Crippen molar-refractivity contribution >= 4 is 5.91 Å². The highest BCUT2D eigenvalue weighted by molar-refractivity contribution is 5.81. The molecule has 8 heteroatoms. The minimum Gasteiger partial charge on any atom is -0.508 e. The first-order valence-corrected chi connectivity index (χ1v) is 6.30. The molecular weight excluding hydrogens is 282 g/mol. The molecule has 0 radical (unpaired) electrons. The van der Waals surface area contributed by atoms with Crippen LogP contribution in [-0.4, -0.2) is 68.0 Å². The third-order valence-corrected chi connectivity index (χ3v) is 2.93. The molecular formula is C13H19NO7. The molecule has 0 aliphatic heterocycles. The Bertz CT molecular complexity index is 480. The summed E-state index contributed by atoms with van der Waals surface area (Å²) in [6, 6.07) is 3.96. The van der Waals surface area contributed by atoms with E-state index in [1.165, 1.54) is 18.2 Å². The van der Waals surface area contributed by atoms with E-state index < -0.39 is 30.8 Å². The Labute approximate surface area is 120 Å². The Morgan fingerprint density at radius 1 is 1.19 bits per heavy atom. The molecule has 0 spiro atoms. The van der Waals surface area contributed by atoms with Crippen LogP contribution in [0.15, 0.2) is 18.2 Å². The van der Waals surface area contributed by atoms with Crippen molar-refractivity contribution in [1.29, 1.82) is 0 Å². The fraction of sp³-hybridized carbons (Fsp3) is 0.462. The van der Waals surface area contributed by atoms with Gasteiger partial charge in [-0.2, -0.15) is 0 Å². The van der Waals surface area contributed by atoms with Gasteiger partial charge < -0.3 is 36.0 Å². The van der Waals surface area contributed by atoms with Gasteiger partial charge in [0.2, 0.25) is 0 Å². The summed E-state index contributed by atoms with van der Waals surface area (Å²) in [5.74, 6) is -0.997. The van der Waals surface area contributed by atoms with Crippen molar-refractivity contribution in [3.05, 3.63) is 23.8 Å². The zero-order valence-corrected chi connectivity index (χ0v) is 11.2. The summed E-state index contributed by atoms with van der Waals surface area (Å²) in [5, 5.41) is 57.7. The molecule has 0 saturated heterocycles. The van der Waals surface area contributed by atoms with Crippen molar-refractivity contribution in [2.24, 2.45) is 0 Å². The molecule has 0 unspecified atom stereocenters. The summed E-state index contributed by atoms with van der Waals surface area (Å²) in [7, 11) is 0. The number of carbonyl (C=O) groups excluding carboxylic acids is 1. The second-order valence-corrected chi connectivity index (χ2v) is 4.54. The van der Waals surface area contributed by atoms with Crippen LogP contribution in [0.5, 0.6) is 11.5 Å². The fourth-order valence-corrected chi connectivity index (χ4v) is 1.67. The van der Waals surface area contributed by atoms with E-state index in [0.29, 0.717) is 5.56 Å². The van der Waals surface area contributed by atoms with E-state index >= 15 is 0 Å². The summed E-state index contributed by atoms with van der Waals surface area (Å²) >= 11 is 0. The van der Waals surface area contributed by atoms with E-state index in [2.05, 4.69) is 5.32 Å². The van der Waals surface area contributed by atoms with Gasteiger partial charge >= 0.3 is 0 Å².